The lowest BCUT2D eigenvalue weighted by Gasteiger charge is -2.18. The van der Waals surface area contributed by atoms with Gasteiger partial charge < -0.3 is 40.4 Å². The minimum atomic E-state index is -1.23. The summed E-state index contributed by atoms with van der Waals surface area (Å²) < 4.78 is 14.3. The van der Waals surface area contributed by atoms with Crippen molar-refractivity contribution in [1.82, 2.24) is 19.3 Å². The molecule has 0 spiro atoms. The molecule has 0 aliphatic rings. The highest BCUT2D eigenvalue weighted by Crippen LogP contribution is 2.17. The van der Waals surface area contributed by atoms with Crippen LogP contribution in [0.25, 0.3) is 11.0 Å². The zero-order chi connectivity index (χ0) is 30.6. The fourth-order valence-corrected chi connectivity index (χ4v) is 4.02. The maximum atomic E-state index is 13.2. The number of aliphatic hydroxyl groups is 3. The van der Waals surface area contributed by atoms with Crippen molar-refractivity contribution in [2.75, 3.05) is 33.0 Å². The van der Waals surface area contributed by atoms with Crippen LogP contribution in [0.3, 0.4) is 0 Å². The van der Waals surface area contributed by atoms with Gasteiger partial charge >= 0.3 is 0 Å². The molecule has 0 aliphatic heterocycles. The van der Waals surface area contributed by atoms with E-state index in [-0.39, 0.29) is 31.8 Å². The average molecular weight is 578 g/mol. The molecule has 6 N–H and O–H groups in total. The summed E-state index contributed by atoms with van der Waals surface area (Å²) in [5.74, 6) is 0.113. The molecule has 1 atom stereocenters. The molecule has 13 heteroatoms. The number of rotatable bonds is 15. The Morgan fingerprint density at radius 1 is 1.12 bits per heavy atom. The van der Waals surface area contributed by atoms with Crippen molar-refractivity contribution in [3.63, 3.8) is 0 Å². The van der Waals surface area contributed by atoms with Crippen molar-refractivity contribution in [3.05, 3.63) is 51.7 Å². The van der Waals surface area contributed by atoms with Gasteiger partial charge in [-0.2, -0.15) is 5.10 Å². The molecule has 0 radical (unpaired) electrons. The van der Waals surface area contributed by atoms with Gasteiger partial charge in [0, 0.05) is 26.5 Å². The van der Waals surface area contributed by atoms with Gasteiger partial charge in [0.2, 0.25) is 0 Å². The van der Waals surface area contributed by atoms with Gasteiger partial charge in [-0.05, 0) is 31.0 Å². The van der Waals surface area contributed by atoms with Crippen LogP contribution in [0.15, 0.2) is 29.1 Å². The number of carbonyl (C=O) groups excluding carboxylic acids is 1. The number of carboxylic acid groups (broad SMARTS) is 1. The van der Waals surface area contributed by atoms with Gasteiger partial charge in [-0.3, -0.25) is 14.0 Å². The van der Waals surface area contributed by atoms with Gasteiger partial charge in [-0.25, -0.2) is 4.98 Å². The maximum Gasteiger partial charge on any atom is 0.279 e. The summed E-state index contributed by atoms with van der Waals surface area (Å²) in [6.07, 6.45) is 1.59. The first-order chi connectivity index (χ1) is 19.6. The SMILES string of the molecule is CCCc1nn(C)c2c(=O)n(CCOc3ccc(C[C@H](OCC)C(=O)[O-])cc3)c(CC)nc12.[NH3+]C(CO)(CO)CO. The van der Waals surface area contributed by atoms with E-state index < -0.39 is 17.6 Å². The molecular weight excluding hydrogens is 534 g/mol. The third-order valence-electron chi connectivity index (χ3n) is 6.46. The molecule has 0 saturated heterocycles. The normalized spacial score (nSPS) is 12.2. The minimum absolute atomic E-state index is 0.114. The van der Waals surface area contributed by atoms with Crippen LogP contribution in [0.5, 0.6) is 5.75 Å². The molecule has 0 saturated carbocycles. The summed E-state index contributed by atoms with van der Waals surface area (Å²) >= 11 is 0. The average Bonchev–Trinajstić information content (AvgIpc) is 3.29. The fourth-order valence-electron chi connectivity index (χ4n) is 4.02. The molecule has 13 nitrogen and oxygen atoms in total. The zero-order valence-electron chi connectivity index (χ0n) is 24.3. The number of nitrogens with zero attached hydrogens (tertiary/aromatic N) is 4. The number of fused-ring (bicyclic) bond motifs is 1. The quantitative estimate of drug-likeness (QED) is 0.162. The Bertz CT molecular complexity index is 1290. The number of carboxylic acids is 1. The van der Waals surface area contributed by atoms with Gasteiger partial charge in [0.25, 0.3) is 5.56 Å². The number of aliphatic carboxylic acids is 1. The van der Waals surface area contributed by atoms with E-state index in [9.17, 15) is 14.7 Å². The molecule has 41 heavy (non-hydrogen) atoms. The van der Waals surface area contributed by atoms with Crippen molar-refractivity contribution in [2.45, 2.75) is 64.6 Å². The van der Waals surface area contributed by atoms with Crippen LogP contribution in [0, 0.1) is 0 Å². The van der Waals surface area contributed by atoms with Crippen molar-refractivity contribution in [2.24, 2.45) is 7.05 Å². The van der Waals surface area contributed by atoms with E-state index in [1.807, 2.05) is 6.92 Å². The first-order valence-electron chi connectivity index (χ1n) is 13.7. The lowest BCUT2D eigenvalue weighted by Crippen LogP contribution is -2.78. The molecule has 3 rings (SSSR count). The molecule has 0 aliphatic carbocycles. The molecule has 1 aromatic carbocycles. The van der Waals surface area contributed by atoms with E-state index in [1.165, 1.54) is 0 Å². The Labute approximate surface area is 239 Å². The highest BCUT2D eigenvalue weighted by Gasteiger charge is 2.25. The van der Waals surface area contributed by atoms with Crippen LogP contribution in [-0.2, 0) is 42.4 Å². The Morgan fingerprint density at radius 2 is 1.76 bits per heavy atom. The van der Waals surface area contributed by atoms with E-state index in [1.54, 1.807) is 47.5 Å². The number of quaternary nitrogens is 1. The van der Waals surface area contributed by atoms with Gasteiger partial charge in [-0.15, -0.1) is 0 Å². The van der Waals surface area contributed by atoms with Crippen LogP contribution in [-0.4, -0.2) is 85.3 Å². The lowest BCUT2D eigenvalue weighted by atomic mass is 10.1. The summed E-state index contributed by atoms with van der Waals surface area (Å²) in [4.78, 5) is 29.1. The Morgan fingerprint density at radius 3 is 2.24 bits per heavy atom. The molecule has 0 unspecified atom stereocenters. The number of carbonyl (C=O) groups is 1. The second-order valence-corrected chi connectivity index (χ2v) is 9.79. The zero-order valence-corrected chi connectivity index (χ0v) is 24.3. The van der Waals surface area contributed by atoms with Crippen molar-refractivity contribution < 1.29 is 40.4 Å². The van der Waals surface area contributed by atoms with Crippen LogP contribution in [0.2, 0.25) is 0 Å². The van der Waals surface area contributed by atoms with Gasteiger partial charge in [0.15, 0.2) is 11.1 Å². The van der Waals surface area contributed by atoms with E-state index in [2.05, 4.69) is 17.8 Å². The van der Waals surface area contributed by atoms with Crippen LogP contribution < -0.4 is 21.1 Å². The fraction of sp³-hybridized carbons (Fsp3) is 0.571. The smallest absolute Gasteiger partial charge is 0.279 e. The molecule has 2 heterocycles. The Balaban J connectivity index is 0.000000642. The number of hydrogen-bond acceptors (Lipinski definition) is 10. The molecule has 0 amide bonds. The van der Waals surface area contributed by atoms with Gasteiger partial charge in [-0.1, -0.05) is 32.4 Å². The van der Waals surface area contributed by atoms with E-state index in [0.717, 1.165) is 24.1 Å². The molecule has 0 bridgehead atoms. The van der Waals surface area contributed by atoms with Crippen molar-refractivity contribution in [3.8, 4) is 5.75 Å². The summed E-state index contributed by atoms with van der Waals surface area (Å²) in [5, 5.41) is 40.9. The number of ether oxygens (including phenoxy) is 2. The van der Waals surface area contributed by atoms with E-state index >= 15 is 0 Å². The Kier molecular flexibility index (Phi) is 13.4. The van der Waals surface area contributed by atoms with Crippen LogP contribution >= 0.6 is 0 Å². The third-order valence-corrected chi connectivity index (χ3v) is 6.46. The van der Waals surface area contributed by atoms with E-state index in [0.29, 0.717) is 48.8 Å². The molecule has 2 aromatic heterocycles. The predicted octanol–water partition coefficient (Wildman–Crippen LogP) is -1.63. The summed E-state index contributed by atoms with van der Waals surface area (Å²) in [6.45, 7) is 5.87. The number of aromatic nitrogens is 4. The standard InChI is InChI=1S/C24H32N4O5.C4H11NO3/c1-5-8-18-21-22(27(4)26-18)23(29)28(20(6-2)25-21)13-14-33-17-11-9-16(10-12-17)15-19(24(30)31)32-7-3;5-4(1-6,2-7)3-8/h9-12,19H,5-8,13-15H2,1-4H3,(H,30,31);6-8H,1-3,5H2/t19-;/m0./s1. The summed E-state index contributed by atoms with van der Waals surface area (Å²) in [7, 11) is 1.77. The van der Waals surface area contributed by atoms with Crippen LogP contribution in [0.1, 0.15) is 44.3 Å². The molecular formula is C28H43N5O8. The second kappa shape index (κ2) is 16.2. The first kappa shape index (κ1) is 33.8. The lowest BCUT2D eigenvalue weighted by molar-refractivity contribution is -0.494. The highest BCUT2D eigenvalue weighted by molar-refractivity contribution is 5.76. The number of benzene rings is 1. The highest BCUT2D eigenvalue weighted by atomic mass is 16.5. The number of hydrogen-bond donors (Lipinski definition) is 4. The largest absolute Gasteiger partial charge is 0.547 e. The second-order valence-electron chi connectivity index (χ2n) is 9.79. The number of aryl methyl sites for hydroxylation is 3. The monoisotopic (exact) mass is 577 g/mol. The summed E-state index contributed by atoms with van der Waals surface area (Å²) in [6, 6.07) is 7.15. The van der Waals surface area contributed by atoms with Crippen LogP contribution in [0.4, 0.5) is 0 Å². The third kappa shape index (κ3) is 9.07. The maximum absolute atomic E-state index is 13.2. The summed E-state index contributed by atoms with van der Waals surface area (Å²) in [5.41, 5.74) is 5.17. The topological polar surface area (TPSA) is 200 Å². The minimum Gasteiger partial charge on any atom is -0.547 e. The predicted molar refractivity (Wildman–Crippen MR) is 149 cm³/mol. The van der Waals surface area contributed by atoms with Crippen molar-refractivity contribution in [1.29, 1.82) is 0 Å². The Hall–Kier alpha value is -3.36. The van der Waals surface area contributed by atoms with Gasteiger partial charge in [0.1, 0.15) is 49.6 Å². The molecule has 228 valence electrons. The molecule has 0 fully saturated rings. The van der Waals surface area contributed by atoms with Gasteiger partial charge in [0.05, 0.1) is 18.2 Å². The molecule has 3 aromatic rings. The number of aliphatic hydroxyl groups excluding tert-OH is 3. The first-order valence-corrected chi connectivity index (χ1v) is 13.7. The van der Waals surface area contributed by atoms with Crippen molar-refractivity contribution >= 4 is 17.0 Å². The van der Waals surface area contributed by atoms with E-state index in [4.69, 9.17) is 29.8 Å².